The number of fused-ring (bicyclic) bond motifs is 1. The van der Waals surface area contributed by atoms with E-state index in [0.717, 1.165) is 64.1 Å². The summed E-state index contributed by atoms with van der Waals surface area (Å²) in [5.74, 6) is 1.48. The molecule has 2 aromatic heterocycles. The molecule has 31 heavy (non-hydrogen) atoms. The highest BCUT2D eigenvalue weighted by Crippen LogP contribution is 2.43. The molecule has 0 aliphatic heterocycles. The highest BCUT2D eigenvalue weighted by atomic mass is 15.0. The van der Waals surface area contributed by atoms with Crippen molar-refractivity contribution >= 4 is 22.4 Å². The Morgan fingerprint density at radius 2 is 1.81 bits per heavy atom. The van der Waals surface area contributed by atoms with Crippen LogP contribution in [-0.2, 0) is 5.41 Å². The Morgan fingerprint density at radius 1 is 1.00 bits per heavy atom. The van der Waals surface area contributed by atoms with E-state index in [0.29, 0.717) is 5.82 Å². The van der Waals surface area contributed by atoms with Crippen LogP contribution in [0.2, 0.25) is 0 Å². The second-order valence-electron chi connectivity index (χ2n) is 8.27. The summed E-state index contributed by atoms with van der Waals surface area (Å²) >= 11 is 0. The Kier molecular flexibility index (Phi) is 4.63. The summed E-state index contributed by atoms with van der Waals surface area (Å²) in [6, 6.07) is 20.9. The summed E-state index contributed by atoms with van der Waals surface area (Å²) in [6.07, 6.45) is 4.84. The summed E-state index contributed by atoms with van der Waals surface area (Å²) in [4.78, 5) is 13.8. The van der Waals surface area contributed by atoms with Crippen LogP contribution in [0.3, 0.4) is 0 Å². The Labute approximate surface area is 181 Å². The van der Waals surface area contributed by atoms with E-state index in [9.17, 15) is 5.26 Å². The van der Waals surface area contributed by atoms with E-state index in [2.05, 4.69) is 63.6 Å². The molecule has 1 aliphatic carbocycles. The van der Waals surface area contributed by atoms with Crippen LogP contribution in [0.4, 0.5) is 11.5 Å². The first-order valence-corrected chi connectivity index (χ1v) is 10.6. The number of rotatable bonds is 4. The maximum absolute atomic E-state index is 9.58. The molecular weight excluding hydrogens is 382 g/mol. The van der Waals surface area contributed by atoms with Crippen molar-refractivity contribution in [2.45, 2.75) is 38.5 Å². The lowest BCUT2D eigenvalue weighted by molar-refractivity contribution is 0.324. The fraction of sp³-hybridized carbons (Fsp3) is 0.231. The Balaban J connectivity index is 1.49. The second-order valence-corrected chi connectivity index (χ2v) is 8.27. The third kappa shape index (κ3) is 3.40. The molecule has 2 aromatic carbocycles. The molecule has 5 rings (SSSR count). The van der Waals surface area contributed by atoms with Crippen LogP contribution in [0.15, 0.2) is 60.8 Å². The van der Waals surface area contributed by atoms with Gasteiger partial charge in [0, 0.05) is 22.8 Å². The van der Waals surface area contributed by atoms with Gasteiger partial charge in [-0.05, 0) is 74.6 Å². The van der Waals surface area contributed by atoms with E-state index in [-0.39, 0.29) is 5.41 Å². The van der Waals surface area contributed by atoms with Gasteiger partial charge in [-0.2, -0.15) is 5.26 Å². The smallest absolute Gasteiger partial charge is 0.142 e. The van der Waals surface area contributed by atoms with Crippen molar-refractivity contribution in [1.82, 2.24) is 15.0 Å². The summed E-state index contributed by atoms with van der Waals surface area (Å²) in [6.45, 7) is 3.97. The number of aryl methyl sites for hydroxylation is 2. The van der Waals surface area contributed by atoms with Crippen LogP contribution < -0.4 is 5.32 Å². The number of pyridine rings is 1. The van der Waals surface area contributed by atoms with Crippen LogP contribution in [0.25, 0.3) is 22.2 Å². The molecule has 1 fully saturated rings. The van der Waals surface area contributed by atoms with E-state index < -0.39 is 0 Å². The molecule has 1 N–H and O–H groups in total. The molecule has 1 saturated carbocycles. The molecule has 4 aromatic rings. The number of hydrogen-bond donors (Lipinski definition) is 1. The number of nitrogens with zero attached hydrogens (tertiary/aromatic N) is 4. The molecule has 5 heteroatoms. The minimum absolute atomic E-state index is 0.295. The molecule has 0 amide bonds. The molecule has 5 nitrogen and oxygen atoms in total. The van der Waals surface area contributed by atoms with Gasteiger partial charge in [0.25, 0.3) is 0 Å². The average molecular weight is 406 g/mol. The maximum Gasteiger partial charge on any atom is 0.142 e. The van der Waals surface area contributed by atoms with Crippen molar-refractivity contribution in [3.8, 4) is 17.3 Å². The van der Waals surface area contributed by atoms with E-state index in [1.165, 1.54) is 0 Å². The minimum Gasteiger partial charge on any atom is -0.340 e. The fourth-order valence-electron chi connectivity index (χ4n) is 4.28. The van der Waals surface area contributed by atoms with Gasteiger partial charge in [0.2, 0.25) is 0 Å². The van der Waals surface area contributed by atoms with Crippen molar-refractivity contribution in [3.05, 3.63) is 77.7 Å². The van der Waals surface area contributed by atoms with Gasteiger partial charge in [-0.25, -0.2) is 9.97 Å². The molecule has 0 bridgehead atoms. The first-order valence-electron chi connectivity index (χ1n) is 10.6. The van der Waals surface area contributed by atoms with Gasteiger partial charge in [0.15, 0.2) is 0 Å². The highest BCUT2D eigenvalue weighted by molar-refractivity contribution is 5.93. The van der Waals surface area contributed by atoms with Gasteiger partial charge in [-0.1, -0.05) is 24.3 Å². The predicted octanol–water partition coefficient (Wildman–Crippen LogP) is 6.00. The van der Waals surface area contributed by atoms with Gasteiger partial charge < -0.3 is 5.32 Å². The molecule has 0 saturated heterocycles. The summed E-state index contributed by atoms with van der Waals surface area (Å²) in [5, 5.41) is 14.0. The van der Waals surface area contributed by atoms with Crippen molar-refractivity contribution in [2.24, 2.45) is 0 Å². The molecule has 0 atom stereocenters. The van der Waals surface area contributed by atoms with Crippen LogP contribution in [-0.4, -0.2) is 15.0 Å². The normalized spacial score (nSPS) is 14.6. The molecule has 152 valence electrons. The topological polar surface area (TPSA) is 74.5 Å². The van der Waals surface area contributed by atoms with Gasteiger partial charge in [-0.3, -0.25) is 4.98 Å². The molecular formula is C26H23N5. The Bertz CT molecular complexity index is 1310. The maximum atomic E-state index is 9.58. The lowest BCUT2D eigenvalue weighted by atomic mass is 9.65. The quantitative estimate of drug-likeness (QED) is 0.451. The third-order valence-electron chi connectivity index (χ3n) is 6.21. The fourth-order valence-corrected chi connectivity index (χ4v) is 4.28. The van der Waals surface area contributed by atoms with Gasteiger partial charge in [-0.15, -0.1) is 0 Å². The van der Waals surface area contributed by atoms with Crippen LogP contribution >= 0.6 is 0 Å². The van der Waals surface area contributed by atoms with Crippen LogP contribution in [0, 0.1) is 25.2 Å². The van der Waals surface area contributed by atoms with Crippen molar-refractivity contribution in [3.63, 3.8) is 0 Å². The Morgan fingerprint density at radius 3 is 2.48 bits per heavy atom. The monoisotopic (exact) mass is 405 g/mol. The first kappa shape index (κ1) is 19.2. The van der Waals surface area contributed by atoms with Crippen LogP contribution in [0.5, 0.6) is 0 Å². The molecule has 0 radical (unpaired) electrons. The van der Waals surface area contributed by atoms with Crippen LogP contribution in [0.1, 0.15) is 36.2 Å². The lowest BCUT2D eigenvalue weighted by Crippen LogP contribution is -2.32. The largest absolute Gasteiger partial charge is 0.340 e. The van der Waals surface area contributed by atoms with E-state index >= 15 is 0 Å². The molecule has 2 heterocycles. The summed E-state index contributed by atoms with van der Waals surface area (Å²) in [5.41, 5.74) is 5.77. The number of benzene rings is 2. The number of aromatic nitrogens is 3. The van der Waals surface area contributed by atoms with E-state index in [1.54, 1.807) is 0 Å². The zero-order chi connectivity index (χ0) is 21.4. The predicted molar refractivity (Wildman–Crippen MR) is 123 cm³/mol. The van der Waals surface area contributed by atoms with Crippen molar-refractivity contribution < 1.29 is 0 Å². The van der Waals surface area contributed by atoms with Crippen molar-refractivity contribution in [1.29, 1.82) is 5.26 Å². The Hall–Kier alpha value is -3.78. The van der Waals surface area contributed by atoms with Gasteiger partial charge in [0.05, 0.1) is 22.7 Å². The third-order valence-corrected chi connectivity index (χ3v) is 6.21. The minimum atomic E-state index is -0.295. The highest BCUT2D eigenvalue weighted by Gasteiger charge is 2.38. The van der Waals surface area contributed by atoms with Crippen molar-refractivity contribution in [2.75, 3.05) is 5.32 Å². The number of anilines is 2. The second kappa shape index (κ2) is 7.48. The molecule has 1 aliphatic rings. The van der Waals surface area contributed by atoms with E-state index in [1.807, 2.05) is 37.4 Å². The first-order chi connectivity index (χ1) is 15.1. The molecule has 0 unspecified atom stereocenters. The standard InChI is InChI=1S/C26H23N5/c1-17-5-3-14-28-24(17)19-6-11-22-23(15-19)29-18(2)30-25(22)31-21-9-7-20(8-10-21)26(16-27)12-4-13-26/h3,5-11,14-15H,4,12-13H2,1-2H3,(H,29,30,31). The average Bonchev–Trinajstić information content (AvgIpc) is 2.74. The number of nitrogens with one attached hydrogen (secondary N) is 1. The van der Waals surface area contributed by atoms with E-state index in [4.69, 9.17) is 0 Å². The number of hydrogen-bond acceptors (Lipinski definition) is 5. The zero-order valence-corrected chi connectivity index (χ0v) is 17.7. The van der Waals surface area contributed by atoms with Gasteiger partial charge in [0.1, 0.15) is 11.6 Å². The summed E-state index contributed by atoms with van der Waals surface area (Å²) < 4.78 is 0. The SMILES string of the molecule is Cc1nc(Nc2ccc(C3(C#N)CCC3)cc2)c2ccc(-c3ncccc3C)cc2n1. The lowest BCUT2D eigenvalue weighted by Gasteiger charge is -2.35. The summed E-state index contributed by atoms with van der Waals surface area (Å²) in [7, 11) is 0. The molecule has 0 spiro atoms. The zero-order valence-electron chi connectivity index (χ0n) is 17.7. The number of nitriles is 1. The van der Waals surface area contributed by atoms with Gasteiger partial charge >= 0.3 is 0 Å².